The van der Waals surface area contributed by atoms with Crippen LogP contribution < -0.4 is 20.7 Å². The Morgan fingerprint density at radius 2 is 1.63 bits per heavy atom. The molecule has 0 aliphatic heterocycles. The summed E-state index contributed by atoms with van der Waals surface area (Å²) < 4.78 is 45.6. The van der Waals surface area contributed by atoms with Crippen molar-refractivity contribution in [2.24, 2.45) is 5.92 Å². The average Bonchev–Trinajstić information content (AvgIpc) is 3.67. The van der Waals surface area contributed by atoms with Crippen molar-refractivity contribution in [1.29, 1.82) is 0 Å². The molecule has 1 fully saturated rings. The van der Waals surface area contributed by atoms with E-state index >= 15 is 0 Å². The van der Waals surface area contributed by atoms with Crippen LogP contribution in [0.15, 0.2) is 60.8 Å². The van der Waals surface area contributed by atoms with Crippen molar-refractivity contribution in [2.75, 3.05) is 16.0 Å². The molecule has 0 spiro atoms. The average molecular weight is 484 g/mol. The van der Waals surface area contributed by atoms with E-state index in [1.807, 2.05) is 0 Å². The number of aromatic nitrogens is 1. The second kappa shape index (κ2) is 10.5. The Morgan fingerprint density at radius 1 is 0.943 bits per heavy atom. The zero-order chi connectivity index (χ0) is 24.9. The first-order chi connectivity index (χ1) is 16.8. The fraction of sp³-hybridized carbons (Fsp3) is 0.240. The number of halogens is 3. The Labute approximate surface area is 199 Å². The maximum atomic E-state index is 13.9. The van der Waals surface area contributed by atoms with Crippen molar-refractivity contribution in [1.82, 2.24) is 4.98 Å². The zero-order valence-corrected chi connectivity index (χ0v) is 18.7. The number of amides is 3. The van der Waals surface area contributed by atoms with Crippen LogP contribution in [0.2, 0.25) is 0 Å². The maximum absolute atomic E-state index is 13.9. The normalized spacial score (nSPS) is 13.7. The summed E-state index contributed by atoms with van der Waals surface area (Å²) in [6.07, 6.45) is 0.586. The molecule has 35 heavy (non-hydrogen) atoms. The second-order valence-corrected chi connectivity index (χ2v) is 8.21. The van der Waals surface area contributed by atoms with E-state index in [9.17, 15) is 22.8 Å². The molecule has 2 aromatic carbocycles. The molecule has 3 amide bonds. The fourth-order valence-corrected chi connectivity index (χ4v) is 3.26. The number of nitrogens with zero attached hydrogens (tertiary/aromatic N) is 1. The highest BCUT2D eigenvalue weighted by molar-refractivity contribution is 5.99. The third kappa shape index (κ3) is 6.50. The number of nitrogens with one attached hydrogen (secondary N) is 3. The Bertz CT molecular complexity index is 1220. The highest BCUT2D eigenvalue weighted by atomic mass is 19.3. The summed E-state index contributed by atoms with van der Waals surface area (Å²) in [7, 11) is 0. The lowest BCUT2D eigenvalue weighted by Crippen LogP contribution is -2.19. The minimum atomic E-state index is -2.73. The second-order valence-electron chi connectivity index (χ2n) is 8.21. The summed E-state index contributed by atoms with van der Waals surface area (Å²) in [6.45, 7) is 1.22. The lowest BCUT2D eigenvalue weighted by atomic mass is 10.0. The Morgan fingerprint density at radius 3 is 2.31 bits per heavy atom. The monoisotopic (exact) mass is 484 g/mol. The Balaban J connectivity index is 1.33. The number of ether oxygens (including phenoxy) is 1. The van der Waals surface area contributed by atoms with Crippen molar-refractivity contribution >= 4 is 29.1 Å². The molecule has 1 aliphatic rings. The molecule has 182 valence electrons. The number of urea groups is 1. The summed E-state index contributed by atoms with van der Waals surface area (Å²) in [5.74, 6) is -0.681. The Kier molecular flexibility index (Phi) is 7.19. The molecule has 1 atom stereocenters. The number of benzene rings is 2. The summed E-state index contributed by atoms with van der Waals surface area (Å²) in [6, 6.07) is 12.7. The summed E-state index contributed by atoms with van der Waals surface area (Å²) in [4.78, 5) is 28.3. The molecule has 0 saturated heterocycles. The van der Waals surface area contributed by atoms with Gasteiger partial charge < -0.3 is 20.7 Å². The lowest BCUT2D eigenvalue weighted by Gasteiger charge is -2.14. The molecule has 0 bridgehead atoms. The van der Waals surface area contributed by atoms with Gasteiger partial charge in [0.15, 0.2) is 0 Å². The summed E-state index contributed by atoms with van der Waals surface area (Å²) >= 11 is 0. The number of carbonyl (C=O) groups is 2. The van der Waals surface area contributed by atoms with Crippen LogP contribution in [-0.2, 0) is 4.79 Å². The van der Waals surface area contributed by atoms with E-state index in [0.29, 0.717) is 23.0 Å². The first kappa shape index (κ1) is 24.1. The molecule has 10 heteroatoms. The molecule has 1 heterocycles. The number of carbonyl (C=O) groups excluding carboxylic acids is 2. The van der Waals surface area contributed by atoms with Crippen LogP contribution in [0.5, 0.6) is 11.5 Å². The fourth-order valence-electron chi connectivity index (χ4n) is 3.26. The number of hydrogen-bond donors (Lipinski definition) is 3. The van der Waals surface area contributed by atoms with Crippen LogP contribution in [0.4, 0.5) is 35.2 Å². The molecule has 7 nitrogen and oxygen atoms in total. The van der Waals surface area contributed by atoms with E-state index in [1.54, 1.807) is 36.4 Å². The molecule has 1 saturated carbocycles. The summed E-state index contributed by atoms with van der Waals surface area (Å²) in [5, 5.41) is 7.87. The minimum absolute atomic E-state index is 0.0521. The number of pyridine rings is 1. The third-order valence-electron chi connectivity index (χ3n) is 5.40. The van der Waals surface area contributed by atoms with Crippen LogP contribution in [0.1, 0.15) is 31.2 Å². The van der Waals surface area contributed by atoms with Gasteiger partial charge in [0.25, 0.3) is 0 Å². The number of hydrogen-bond acceptors (Lipinski definition) is 4. The number of alkyl halides is 2. The predicted octanol–water partition coefficient (Wildman–Crippen LogP) is 6.37. The van der Waals surface area contributed by atoms with Gasteiger partial charge in [-0.3, -0.25) is 4.79 Å². The van der Waals surface area contributed by atoms with Crippen molar-refractivity contribution in [2.45, 2.75) is 32.1 Å². The predicted molar refractivity (Wildman–Crippen MR) is 126 cm³/mol. The third-order valence-corrected chi connectivity index (χ3v) is 5.40. The van der Waals surface area contributed by atoms with Crippen molar-refractivity contribution in [3.63, 3.8) is 0 Å². The summed E-state index contributed by atoms with van der Waals surface area (Å²) in [5.41, 5.74) is 0.463. The minimum Gasteiger partial charge on any atom is -0.457 e. The highest BCUT2D eigenvalue weighted by Gasteiger charge is 2.29. The molecule has 0 radical (unpaired) electrons. The molecular weight excluding hydrogens is 461 g/mol. The Hall–Kier alpha value is -4.08. The first-order valence-corrected chi connectivity index (χ1v) is 11.0. The van der Waals surface area contributed by atoms with Crippen molar-refractivity contribution in [3.05, 3.63) is 72.2 Å². The zero-order valence-electron chi connectivity index (χ0n) is 18.7. The van der Waals surface area contributed by atoms with Crippen LogP contribution in [0.25, 0.3) is 0 Å². The van der Waals surface area contributed by atoms with E-state index in [1.165, 1.54) is 25.3 Å². The van der Waals surface area contributed by atoms with Crippen LogP contribution in [-0.4, -0.2) is 23.3 Å². The van der Waals surface area contributed by atoms with Gasteiger partial charge in [0.05, 0.1) is 0 Å². The van der Waals surface area contributed by atoms with Gasteiger partial charge in [-0.1, -0.05) is 6.92 Å². The first-order valence-electron chi connectivity index (χ1n) is 11.0. The lowest BCUT2D eigenvalue weighted by molar-refractivity contribution is -0.117. The van der Waals surface area contributed by atoms with Crippen LogP contribution in [0, 0.1) is 11.7 Å². The van der Waals surface area contributed by atoms with Crippen LogP contribution in [0.3, 0.4) is 0 Å². The van der Waals surface area contributed by atoms with Gasteiger partial charge in [-0.15, -0.1) is 0 Å². The molecular formula is C25H23F3N4O3. The van der Waals surface area contributed by atoms with Gasteiger partial charge in [0, 0.05) is 35.5 Å². The SMILES string of the molecule is CC(c1cc(NC(=O)Nc2ccc(Oc3ccnc(NC(=O)C4CC4)c3)cc2)ccc1F)C(F)F. The van der Waals surface area contributed by atoms with E-state index in [0.717, 1.165) is 18.9 Å². The van der Waals surface area contributed by atoms with Gasteiger partial charge >= 0.3 is 6.03 Å². The molecule has 3 aromatic rings. The number of rotatable bonds is 8. The molecule has 1 aliphatic carbocycles. The van der Waals surface area contributed by atoms with E-state index in [4.69, 9.17) is 4.74 Å². The van der Waals surface area contributed by atoms with Gasteiger partial charge in [0.1, 0.15) is 23.1 Å². The maximum Gasteiger partial charge on any atom is 0.323 e. The van der Waals surface area contributed by atoms with Crippen molar-refractivity contribution in [3.8, 4) is 11.5 Å². The van der Waals surface area contributed by atoms with Crippen molar-refractivity contribution < 1.29 is 27.5 Å². The van der Waals surface area contributed by atoms with Gasteiger partial charge in [-0.2, -0.15) is 0 Å². The standard InChI is InChI=1S/C25H23F3N4O3/c1-14(23(27)28)20-12-17(6-9-21(20)26)31-25(34)30-16-4-7-18(8-5-16)35-19-10-11-29-22(13-19)32-24(33)15-2-3-15/h4-15,23H,2-3H2,1H3,(H,29,32,33)(H2,30,31,34). The molecule has 1 aromatic heterocycles. The highest BCUT2D eigenvalue weighted by Crippen LogP contribution is 2.31. The number of anilines is 3. The van der Waals surface area contributed by atoms with E-state index in [-0.39, 0.29) is 23.1 Å². The quantitative estimate of drug-likeness (QED) is 0.346. The topological polar surface area (TPSA) is 92.3 Å². The molecule has 3 N–H and O–H groups in total. The largest absolute Gasteiger partial charge is 0.457 e. The van der Waals surface area contributed by atoms with Gasteiger partial charge in [0.2, 0.25) is 12.3 Å². The molecule has 4 rings (SSSR count). The van der Waals surface area contributed by atoms with E-state index < -0.39 is 24.2 Å². The van der Waals surface area contributed by atoms with Gasteiger partial charge in [-0.25, -0.2) is 22.9 Å². The smallest absolute Gasteiger partial charge is 0.323 e. The van der Waals surface area contributed by atoms with Gasteiger partial charge in [-0.05, 0) is 66.9 Å². The van der Waals surface area contributed by atoms with E-state index in [2.05, 4.69) is 20.9 Å². The van der Waals surface area contributed by atoms with Crippen LogP contribution >= 0.6 is 0 Å². The molecule has 1 unspecified atom stereocenters.